The summed E-state index contributed by atoms with van der Waals surface area (Å²) < 4.78 is 10.5. The summed E-state index contributed by atoms with van der Waals surface area (Å²) in [6, 6.07) is 14.0. The maximum absolute atomic E-state index is 12.3. The highest BCUT2D eigenvalue weighted by Gasteiger charge is 2.12. The standard InChI is InChI=1S/C19H15N3O3S/c1-24-16-7-6-13(9-17(16)25-2)15-11-26-19(21-15)22-18(23)14-5-3-4-12(8-14)10-20/h3-9,11H,1-2H3,(H,21,22,23). The van der Waals surface area contributed by atoms with Crippen molar-refractivity contribution in [3.05, 3.63) is 59.0 Å². The number of carbonyl (C=O) groups excluding carboxylic acids is 1. The van der Waals surface area contributed by atoms with Gasteiger partial charge in [-0.3, -0.25) is 10.1 Å². The van der Waals surface area contributed by atoms with E-state index in [1.54, 1.807) is 38.5 Å². The molecular formula is C19H15N3O3S. The molecule has 6 nitrogen and oxygen atoms in total. The Morgan fingerprint density at radius 3 is 2.69 bits per heavy atom. The summed E-state index contributed by atoms with van der Waals surface area (Å²) in [5.74, 6) is 0.935. The van der Waals surface area contributed by atoms with E-state index >= 15 is 0 Å². The third kappa shape index (κ3) is 3.66. The number of rotatable bonds is 5. The van der Waals surface area contributed by atoms with Crippen LogP contribution in [0.4, 0.5) is 5.13 Å². The van der Waals surface area contributed by atoms with E-state index in [1.165, 1.54) is 17.4 Å². The summed E-state index contributed by atoms with van der Waals surface area (Å²) in [6.07, 6.45) is 0. The van der Waals surface area contributed by atoms with Crippen molar-refractivity contribution < 1.29 is 14.3 Å². The maximum Gasteiger partial charge on any atom is 0.257 e. The van der Waals surface area contributed by atoms with Gasteiger partial charge in [-0.25, -0.2) is 4.98 Å². The molecule has 0 radical (unpaired) electrons. The van der Waals surface area contributed by atoms with Crippen LogP contribution in [0, 0.1) is 11.3 Å². The van der Waals surface area contributed by atoms with Crippen LogP contribution in [0.15, 0.2) is 47.8 Å². The second kappa shape index (κ2) is 7.68. The highest BCUT2D eigenvalue weighted by Crippen LogP contribution is 2.33. The number of anilines is 1. The Morgan fingerprint density at radius 2 is 1.96 bits per heavy atom. The molecule has 26 heavy (non-hydrogen) atoms. The highest BCUT2D eigenvalue weighted by molar-refractivity contribution is 7.14. The Kier molecular flexibility index (Phi) is 5.15. The number of amides is 1. The van der Waals surface area contributed by atoms with Crippen LogP contribution in [0.3, 0.4) is 0 Å². The van der Waals surface area contributed by atoms with Crippen LogP contribution in [-0.4, -0.2) is 25.1 Å². The van der Waals surface area contributed by atoms with Gasteiger partial charge < -0.3 is 9.47 Å². The lowest BCUT2D eigenvalue weighted by atomic mass is 10.1. The van der Waals surface area contributed by atoms with Gasteiger partial charge >= 0.3 is 0 Å². The van der Waals surface area contributed by atoms with Crippen LogP contribution in [0.25, 0.3) is 11.3 Å². The number of nitrogens with zero attached hydrogens (tertiary/aromatic N) is 2. The summed E-state index contributed by atoms with van der Waals surface area (Å²) in [5, 5.41) is 14.0. The molecule has 1 heterocycles. The van der Waals surface area contributed by atoms with Crippen molar-refractivity contribution in [2.24, 2.45) is 0 Å². The van der Waals surface area contributed by atoms with Gasteiger partial charge in [0, 0.05) is 16.5 Å². The maximum atomic E-state index is 12.3. The number of nitrogens with one attached hydrogen (secondary N) is 1. The van der Waals surface area contributed by atoms with Crippen molar-refractivity contribution in [1.82, 2.24) is 4.98 Å². The lowest BCUT2D eigenvalue weighted by Gasteiger charge is -2.08. The van der Waals surface area contributed by atoms with Gasteiger partial charge in [-0.2, -0.15) is 5.26 Å². The predicted octanol–water partition coefficient (Wildman–Crippen LogP) is 3.95. The fourth-order valence-corrected chi connectivity index (χ4v) is 3.07. The van der Waals surface area contributed by atoms with E-state index in [4.69, 9.17) is 14.7 Å². The third-order valence-electron chi connectivity index (χ3n) is 3.66. The predicted molar refractivity (Wildman–Crippen MR) is 99.8 cm³/mol. The SMILES string of the molecule is COc1ccc(-c2csc(NC(=O)c3cccc(C#N)c3)n2)cc1OC. The number of aromatic nitrogens is 1. The van der Waals surface area contributed by atoms with Gasteiger partial charge in [-0.15, -0.1) is 11.3 Å². The van der Waals surface area contributed by atoms with Crippen LogP contribution in [0.1, 0.15) is 15.9 Å². The highest BCUT2D eigenvalue weighted by atomic mass is 32.1. The summed E-state index contributed by atoms with van der Waals surface area (Å²) in [7, 11) is 3.15. The molecule has 0 unspecified atom stereocenters. The number of hydrogen-bond donors (Lipinski definition) is 1. The second-order valence-electron chi connectivity index (χ2n) is 5.25. The van der Waals surface area contributed by atoms with Crippen LogP contribution in [0.2, 0.25) is 0 Å². The summed E-state index contributed by atoms with van der Waals surface area (Å²) in [5.41, 5.74) is 2.41. The molecule has 1 aromatic heterocycles. The Bertz CT molecular complexity index is 992. The molecule has 3 rings (SSSR count). The van der Waals surface area contributed by atoms with E-state index in [0.29, 0.717) is 27.8 Å². The zero-order valence-electron chi connectivity index (χ0n) is 14.1. The quantitative estimate of drug-likeness (QED) is 0.740. The fourth-order valence-electron chi connectivity index (χ4n) is 2.36. The Balaban J connectivity index is 1.80. The molecule has 0 spiro atoms. The van der Waals surface area contributed by atoms with Gasteiger partial charge in [0.05, 0.1) is 31.5 Å². The zero-order chi connectivity index (χ0) is 18.5. The number of hydrogen-bond acceptors (Lipinski definition) is 6. The van der Waals surface area contributed by atoms with Crippen LogP contribution in [-0.2, 0) is 0 Å². The minimum Gasteiger partial charge on any atom is -0.493 e. The lowest BCUT2D eigenvalue weighted by Crippen LogP contribution is -2.11. The van der Waals surface area contributed by atoms with Crippen LogP contribution < -0.4 is 14.8 Å². The summed E-state index contributed by atoms with van der Waals surface area (Å²) in [6.45, 7) is 0. The normalized spacial score (nSPS) is 10.0. The third-order valence-corrected chi connectivity index (χ3v) is 4.42. The lowest BCUT2D eigenvalue weighted by molar-refractivity contribution is 0.102. The molecule has 0 aliphatic carbocycles. The van der Waals surface area contributed by atoms with E-state index in [-0.39, 0.29) is 5.91 Å². The molecule has 0 atom stereocenters. The fraction of sp³-hybridized carbons (Fsp3) is 0.105. The molecule has 0 aliphatic heterocycles. The zero-order valence-corrected chi connectivity index (χ0v) is 15.0. The largest absolute Gasteiger partial charge is 0.493 e. The number of ether oxygens (including phenoxy) is 2. The topological polar surface area (TPSA) is 84.2 Å². The van der Waals surface area contributed by atoms with E-state index in [2.05, 4.69) is 10.3 Å². The van der Waals surface area contributed by atoms with E-state index in [1.807, 2.05) is 23.6 Å². The van der Waals surface area contributed by atoms with Crippen molar-refractivity contribution in [1.29, 1.82) is 5.26 Å². The van der Waals surface area contributed by atoms with Crippen molar-refractivity contribution in [2.75, 3.05) is 19.5 Å². The van der Waals surface area contributed by atoms with E-state index in [0.717, 1.165) is 11.3 Å². The molecule has 0 aliphatic rings. The van der Waals surface area contributed by atoms with Gasteiger partial charge in [0.2, 0.25) is 0 Å². The second-order valence-corrected chi connectivity index (χ2v) is 6.11. The molecule has 7 heteroatoms. The number of benzene rings is 2. The van der Waals surface area contributed by atoms with Gasteiger partial charge in [0.25, 0.3) is 5.91 Å². The molecule has 1 N–H and O–H groups in total. The average Bonchev–Trinajstić information content (AvgIpc) is 3.15. The van der Waals surface area contributed by atoms with Gasteiger partial charge in [-0.05, 0) is 36.4 Å². The summed E-state index contributed by atoms with van der Waals surface area (Å²) in [4.78, 5) is 16.8. The number of thiazole rings is 1. The number of carbonyl (C=O) groups is 1. The monoisotopic (exact) mass is 365 g/mol. The number of nitriles is 1. The molecule has 1 amide bonds. The first-order valence-corrected chi connectivity index (χ1v) is 8.52. The van der Waals surface area contributed by atoms with Crippen molar-refractivity contribution >= 4 is 22.4 Å². The molecule has 130 valence electrons. The van der Waals surface area contributed by atoms with Crippen LogP contribution in [0.5, 0.6) is 11.5 Å². The van der Waals surface area contributed by atoms with Crippen molar-refractivity contribution in [3.63, 3.8) is 0 Å². The Morgan fingerprint density at radius 1 is 1.15 bits per heavy atom. The van der Waals surface area contributed by atoms with E-state index < -0.39 is 0 Å². The minimum atomic E-state index is -0.310. The molecule has 2 aromatic carbocycles. The molecule has 0 saturated heterocycles. The first-order valence-electron chi connectivity index (χ1n) is 7.64. The smallest absolute Gasteiger partial charge is 0.257 e. The Labute approximate surface area is 154 Å². The first-order chi connectivity index (χ1) is 12.6. The molecule has 3 aromatic rings. The number of methoxy groups -OCH3 is 2. The van der Waals surface area contributed by atoms with Crippen molar-refractivity contribution in [3.8, 4) is 28.8 Å². The minimum absolute atomic E-state index is 0.310. The van der Waals surface area contributed by atoms with E-state index in [9.17, 15) is 4.79 Å². The van der Waals surface area contributed by atoms with Crippen LogP contribution >= 0.6 is 11.3 Å². The first kappa shape index (κ1) is 17.5. The molecular weight excluding hydrogens is 350 g/mol. The Hall–Kier alpha value is -3.37. The van der Waals surface area contributed by atoms with Gasteiger partial charge in [0.1, 0.15) is 0 Å². The molecule has 0 fully saturated rings. The average molecular weight is 365 g/mol. The summed E-state index contributed by atoms with van der Waals surface area (Å²) >= 11 is 1.32. The van der Waals surface area contributed by atoms with Gasteiger partial charge in [-0.1, -0.05) is 6.07 Å². The van der Waals surface area contributed by atoms with Gasteiger partial charge in [0.15, 0.2) is 16.6 Å². The molecule has 0 bridgehead atoms. The molecule has 0 saturated carbocycles. The van der Waals surface area contributed by atoms with Crippen molar-refractivity contribution in [2.45, 2.75) is 0 Å².